The van der Waals surface area contributed by atoms with E-state index in [1.165, 1.54) is 35.7 Å². The molecule has 0 radical (unpaired) electrons. The van der Waals surface area contributed by atoms with Crippen LogP contribution in [0.1, 0.15) is 0 Å². The zero-order valence-electron chi connectivity index (χ0n) is 25.8. The first-order valence-corrected chi connectivity index (χ1v) is 16.4. The fourth-order valence-electron chi connectivity index (χ4n) is 4.98. The highest BCUT2D eigenvalue weighted by atomic mass is 35.5. The molecular formula is C32H36ClN5O7S. The van der Waals surface area contributed by atoms with Gasteiger partial charge in [-0.3, -0.25) is 19.6 Å². The first kappa shape index (κ1) is 33.2. The lowest BCUT2D eigenvalue weighted by molar-refractivity contribution is -0.116. The van der Waals surface area contributed by atoms with E-state index in [1.54, 1.807) is 43.2 Å². The Hall–Kier alpha value is -4.14. The summed E-state index contributed by atoms with van der Waals surface area (Å²) < 4.78 is 52.0. The van der Waals surface area contributed by atoms with E-state index in [0.717, 1.165) is 5.56 Å². The summed E-state index contributed by atoms with van der Waals surface area (Å²) in [5.74, 6) is 1.35. The fraction of sp³-hybridized carbons (Fsp3) is 0.312. The van der Waals surface area contributed by atoms with Crippen LogP contribution in [0.4, 0.5) is 5.95 Å². The molecule has 244 valence electrons. The second kappa shape index (κ2) is 15.0. The number of amides is 1. The van der Waals surface area contributed by atoms with Gasteiger partial charge in [-0.05, 0) is 60.7 Å². The third-order valence-electron chi connectivity index (χ3n) is 7.53. The highest BCUT2D eigenvalue weighted by Gasteiger charge is 2.28. The van der Waals surface area contributed by atoms with Crippen LogP contribution in [0.25, 0.3) is 16.9 Å². The van der Waals surface area contributed by atoms with Gasteiger partial charge in [0.2, 0.25) is 21.9 Å². The number of halogens is 1. The zero-order chi connectivity index (χ0) is 32.7. The maximum atomic E-state index is 13.8. The SMILES string of the molecule is COc1ccc(-c2cn(-c3ccc(OC)c(OC)c3)c(NC(=O)CN(CCN3CCOCC3)S(=O)(=O)c3ccc(Cl)cc3)n2)cc1. The topological polar surface area (TPSA) is 124 Å². The van der Waals surface area contributed by atoms with Gasteiger partial charge in [0, 0.05) is 49.0 Å². The van der Waals surface area contributed by atoms with E-state index in [1.807, 2.05) is 24.3 Å². The minimum Gasteiger partial charge on any atom is -0.497 e. The third-order valence-corrected chi connectivity index (χ3v) is 9.64. The molecule has 1 amide bonds. The number of rotatable bonds is 13. The number of benzene rings is 3. The predicted octanol–water partition coefficient (Wildman–Crippen LogP) is 4.18. The van der Waals surface area contributed by atoms with Crippen LogP contribution < -0.4 is 19.5 Å². The average Bonchev–Trinajstić information content (AvgIpc) is 3.50. The third kappa shape index (κ3) is 7.80. The van der Waals surface area contributed by atoms with Crippen molar-refractivity contribution in [2.45, 2.75) is 4.90 Å². The number of aromatic nitrogens is 2. The fourth-order valence-corrected chi connectivity index (χ4v) is 6.50. The van der Waals surface area contributed by atoms with Crippen molar-refractivity contribution in [2.24, 2.45) is 0 Å². The molecule has 4 aromatic rings. The molecule has 1 N–H and O–H groups in total. The average molecular weight is 670 g/mol. The molecule has 46 heavy (non-hydrogen) atoms. The number of anilines is 1. The van der Waals surface area contributed by atoms with Gasteiger partial charge < -0.3 is 18.9 Å². The summed E-state index contributed by atoms with van der Waals surface area (Å²) in [6.07, 6.45) is 1.78. The minimum atomic E-state index is -4.04. The molecule has 14 heteroatoms. The van der Waals surface area contributed by atoms with E-state index in [4.69, 9.17) is 35.5 Å². The quantitative estimate of drug-likeness (QED) is 0.223. The summed E-state index contributed by atoms with van der Waals surface area (Å²) in [7, 11) is 0.628. The van der Waals surface area contributed by atoms with Crippen LogP contribution in [0, 0.1) is 0 Å². The van der Waals surface area contributed by atoms with Gasteiger partial charge in [-0.15, -0.1) is 0 Å². The standard InChI is InChI=1S/C32H36ClN5O7S/c1-42-26-9-4-23(5-10-26)28-21-38(25-8-13-29(43-2)30(20-25)44-3)32(34-28)35-31(39)22-37(15-14-36-16-18-45-19-17-36)46(40,41)27-11-6-24(33)7-12-27/h4-13,20-21H,14-19,22H2,1-3H3,(H,34,35,39). The lowest BCUT2D eigenvalue weighted by atomic mass is 10.1. The number of hydrogen-bond acceptors (Lipinski definition) is 9. The van der Waals surface area contributed by atoms with E-state index in [2.05, 4.69) is 10.2 Å². The zero-order valence-corrected chi connectivity index (χ0v) is 27.4. The van der Waals surface area contributed by atoms with E-state index in [-0.39, 0.29) is 17.4 Å². The summed E-state index contributed by atoms with van der Waals surface area (Å²) in [6, 6.07) is 18.5. The number of carbonyl (C=O) groups is 1. The van der Waals surface area contributed by atoms with E-state index >= 15 is 0 Å². The molecule has 2 heterocycles. The highest BCUT2D eigenvalue weighted by molar-refractivity contribution is 7.89. The van der Waals surface area contributed by atoms with Crippen LogP contribution >= 0.6 is 11.6 Å². The van der Waals surface area contributed by atoms with Gasteiger partial charge in [-0.2, -0.15) is 4.31 Å². The molecule has 0 atom stereocenters. The van der Waals surface area contributed by atoms with Crippen molar-refractivity contribution >= 4 is 33.5 Å². The first-order chi connectivity index (χ1) is 22.2. The molecule has 0 saturated carbocycles. The summed E-state index contributed by atoms with van der Waals surface area (Å²) >= 11 is 6.02. The van der Waals surface area contributed by atoms with Gasteiger partial charge >= 0.3 is 0 Å². The van der Waals surface area contributed by atoms with Crippen molar-refractivity contribution < 1.29 is 32.2 Å². The second-order valence-electron chi connectivity index (χ2n) is 10.4. The molecule has 12 nitrogen and oxygen atoms in total. The maximum Gasteiger partial charge on any atom is 0.243 e. The number of methoxy groups -OCH3 is 3. The summed E-state index contributed by atoms with van der Waals surface area (Å²) in [5.41, 5.74) is 2.00. The summed E-state index contributed by atoms with van der Waals surface area (Å²) in [5, 5.41) is 3.25. The van der Waals surface area contributed by atoms with Crippen LogP contribution in [-0.2, 0) is 19.6 Å². The Morgan fingerprint density at radius 1 is 0.957 bits per heavy atom. The molecule has 1 aliphatic heterocycles. The molecule has 1 aromatic heterocycles. The predicted molar refractivity (Wildman–Crippen MR) is 175 cm³/mol. The van der Waals surface area contributed by atoms with Crippen LogP contribution in [0.5, 0.6) is 17.2 Å². The largest absolute Gasteiger partial charge is 0.497 e. The lowest BCUT2D eigenvalue weighted by Crippen LogP contribution is -2.45. The molecule has 0 bridgehead atoms. The molecule has 0 aliphatic carbocycles. The number of sulfonamides is 1. The second-order valence-corrected chi connectivity index (χ2v) is 12.8. The van der Waals surface area contributed by atoms with Crippen LogP contribution in [-0.4, -0.2) is 100 Å². The number of carbonyl (C=O) groups excluding carboxylic acids is 1. The van der Waals surface area contributed by atoms with Crippen molar-refractivity contribution in [3.63, 3.8) is 0 Å². The lowest BCUT2D eigenvalue weighted by Gasteiger charge is -2.29. The number of imidazole rings is 1. The van der Waals surface area contributed by atoms with Crippen molar-refractivity contribution in [3.05, 3.63) is 77.9 Å². The highest BCUT2D eigenvalue weighted by Crippen LogP contribution is 2.32. The van der Waals surface area contributed by atoms with Gasteiger partial charge in [-0.1, -0.05) is 11.6 Å². The van der Waals surface area contributed by atoms with Crippen molar-refractivity contribution in [3.8, 4) is 34.2 Å². The first-order valence-electron chi connectivity index (χ1n) is 14.5. The van der Waals surface area contributed by atoms with Crippen LogP contribution in [0.2, 0.25) is 5.02 Å². The summed E-state index contributed by atoms with van der Waals surface area (Å²) in [4.78, 5) is 20.5. The molecule has 1 saturated heterocycles. The van der Waals surface area contributed by atoms with Gasteiger partial charge in [-0.25, -0.2) is 13.4 Å². The number of ether oxygens (including phenoxy) is 4. The van der Waals surface area contributed by atoms with Crippen molar-refractivity contribution in [1.29, 1.82) is 0 Å². The van der Waals surface area contributed by atoms with E-state index in [9.17, 15) is 13.2 Å². The monoisotopic (exact) mass is 669 g/mol. The van der Waals surface area contributed by atoms with Gasteiger partial charge in [0.15, 0.2) is 11.5 Å². The Labute approximate surface area is 273 Å². The minimum absolute atomic E-state index is 0.0419. The number of nitrogens with one attached hydrogen (secondary N) is 1. The Kier molecular flexibility index (Phi) is 10.8. The molecule has 0 spiro atoms. The van der Waals surface area contributed by atoms with Gasteiger partial charge in [0.05, 0.1) is 57.4 Å². The number of hydrogen-bond donors (Lipinski definition) is 1. The van der Waals surface area contributed by atoms with Crippen LogP contribution in [0.3, 0.4) is 0 Å². The molecule has 1 aliphatic rings. The van der Waals surface area contributed by atoms with E-state index in [0.29, 0.717) is 66.5 Å². The molecule has 3 aromatic carbocycles. The molecular weight excluding hydrogens is 634 g/mol. The Bertz CT molecular complexity index is 1740. The number of morpholine rings is 1. The Morgan fingerprint density at radius 2 is 1.65 bits per heavy atom. The number of nitrogens with zero attached hydrogens (tertiary/aromatic N) is 4. The molecule has 1 fully saturated rings. The summed E-state index contributed by atoms with van der Waals surface area (Å²) in [6.45, 7) is 2.59. The van der Waals surface area contributed by atoms with Gasteiger partial charge in [0.25, 0.3) is 0 Å². The van der Waals surface area contributed by atoms with Crippen molar-refractivity contribution in [2.75, 3.05) is 72.6 Å². The van der Waals surface area contributed by atoms with E-state index < -0.39 is 22.5 Å². The Balaban J connectivity index is 1.45. The van der Waals surface area contributed by atoms with Gasteiger partial charge in [0.1, 0.15) is 5.75 Å². The normalized spacial score (nSPS) is 13.8. The smallest absolute Gasteiger partial charge is 0.243 e. The van der Waals surface area contributed by atoms with Crippen LogP contribution in [0.15, 0.2) is 77.8 Å². The Morgan fingerprint density at radius 3 is 2.30 bits per heavy atom. The van der Waals surface area contributed by atoms with Crippen molar-refractivity contribution in [1.82, 2.24) is 18.8 Å². The molecule has 5 rings (SSSR count). The maximum absolute atomic E-state index is 13.8. The molecule has 0 unspecified atom stereocenters.